The van der Waals surface area contributed by atoms with Crippen LogP contribution in [-0.2, 0) is 0 Å². The third-order valence-corrected chi connectivity index (χ3v) is 2.03. The lowest BCUT2D eigenvalue weighted by Gasteiger charge is -2.17. The first-order chi connectivity index (χ1) is 6.88. The molecular formula is C11H19N3O. The molecule has 0 unspecified atom stereocenters. The van der Waals surface area contributed by atoms with E-state index in [4.69, 9.17) is 16.2 Å². The minimum Gasteiger partial charge on any atom is -0.478 e. The number of nitrogens with two attached hydrogens (primary N) is 2. The maximum atomic E-state index is 5.56. The van der Waals surface area contributed by atoms with Gasteiger partial charge in [0.25, 0.3) is 0 Å². The number of rotatable bonds is 3. The summed E-state index contributed by atoms with van der Waals surface area (Å²) in [7, 11) is 0. The molecule has 0 aliphatic heterocycles. The predicted molar refractivity (Wildman–Crippen MR) is 62.6 cm³/mol. The first kappa shape index (κ1) is 11.6. The van der Waals surface area contributed by atoms with Crippen molar-refractivity contribution in [1.29, 1.82) is 0 Å². The molecule has 0 saturated heterocycles. The van der Waals surface area contributed by atoms with Crippen LogP contribution in [0.1, 0.15) is 27.2 Å². The Morgan fingerprint density at radius 2 is 1.93 bits per heavy atom. The summed E-state index contributed by atoms with van der Waals surface area (Å²) in [6, 6.07) is 3.43. The monoisotopic (exact) mass is 209 g/mol. The number of nitrogen functional groups attached to an aromatic ring is 2. The van der Waals surface area contributed by atoms with Gasteiger partial charge in [-0.3, -0.25) is 0 Å². The van der Waals surface area contributed by atoms with Crippen LogP contribution in [0.2, 0.25) is 0 Å². The molecule has 0 radical (unpaired) electrons. The third-order valence-electron chi connectivity index (χ3n) is 2.03. The Labute approximate surface area is 90.6 Å². The van der Waals surface area contributed by atoms with Gasteiger partial charge in [0.1, 0.15) is 0 Å². The molecule has 0 aliphatic carbocycles. The number of hydrogen-bond acceptors (Lipinski definition) is 4. The van der Waals surface area contributed by atoms with E-state index in [9.17, 15) is 0 Å². The van der Waals surface area contributed by atoms with Crippen LogP contribution in [0.15, 0.2) is 12.1 Å². The van der Waals surface area contributed by atoms with Crippen molar-refractivity contribution in [1.82, 2.24) is 4.98 Å². The Hall–Kier alpha value is -1.45. The fourth-order valence-electron chi connectivity index (χ4n) is 1.01. The van der Waals surface area contributed by atoms with Crippen LogP contribution in [0.25, 0.3) is 0 Å². The van der Waals surface area contributed by atoms with Crippen molar-refractivity contribution >= 4 is 11.5 Å². The molecule has 0 atom stereocenters. The molecular weight excluding hydrogens is 190 g/mol. The van der Waals surface area contributed by atoms with E-state index in [1.807, 2.05) is 0 Å². The molecule has 0 aliphatic rings. The van der Waals surface area contributed by atoms with E-state index >= 15 is 0 Å². The molecule has 4 nitrogen and oxygen atoms in total. The lowest BCUT2D eigenvalue weighted by Crippen LogP contribution is -2.11. The second-order valence-electron chi connectivity index (χ2n) is 4.78. The molecule has 0 bridgehead atoms. The molecule has 15 heavy (non-hydrogen) atoms. The van der Waals surface area contributed by atoms with Crippen LogP contribution in [0.3, 0.4) is 0 Å². The van der Waals surface area contributed by atoms with Crippen molar-refractivity contribution in [2.45, 2.75) is 27.2 Å². The highest BCUT2D eigenvalue weighted by atomic mass is 16.5. The van der Waals surface area contributed by atoms with Gasteiger partial charge >= 0.3 is 0 Å². The van der Waals surface area contributed by atoms with Gasteiger partial charge in [-0.1, -0.05) is 20.8 Å². The largest absolute Gasteiger partial charge is 0.478 e. The Morgan fingerprint density at radius 3 is 2.47 bits per heavy atom. The highest BCUT2D eigenvalue weighted by Gasteiger charge is 2.10. The van der Waals surface area contributed by atoms with E-state index < -0.39 is 0 Å². The average molecular weight is 209 g/mol. The van der Waals surface area contributed by atoms with Crippen LogP contribution in [0.5, 0.6) is 5.88 Å². The second-order valence-corrected chi connectivity index (χ2v) is 4.78. The molecule has 0 aromatic carbocycles. The zero-order chi connectivity index (χ0) is 11.5. The minimum atomic E-state index is 0.263. The van der Waals surface area contributed by atoms with E-state index in [0.29, 0.717) is 24.0 Å². The molecule has 1 rings (SSSR count). The van der Waals surface area contributed by atoms with Crippen molar-refractivity contribution in [3.8, 4) is 5.88 Å². The fourth-order valence-corrected chi connectivity index (χ4v) is 1.01. The Kier molecular flexibility index (Phi) is 3.39. The fraction of sp³-hybridized carbons (Fsp3) is 0.545. The van der Waals surface area contributed by atoms with Crippen molar-refractivity contribution in [3.63, 3.8) is 0 Å². The molecule has 0 spiro atoms. The van der Waals surface area contributed by atoms with Gasteiger partial charge in [0.05, 0.1) is 12.3 Å². The number of nitrogens with zero attached hydrogens (tertiary/aromatic N) is 1. The molecule has 0 amide bonds. The molecule has 4 heteroatoms. The quantitative estimate of drug-likeness (QED) is 0.799. The Morgan fingerprint density at radius 1 is 1.27 bits per heavy atom. The zero-order valence-corrected chi connectivity index (χ0v) is 9.58. The molecule has 1 aromatic rings. The van der Waals surface area contributed by atoms with Crippen molar-refractivity contribution in [2.24, 2.45) is 5.41 Å². The zero-order valence-electron chi connectivity index (χ0n) is 9.58. The van der Waals surface area contributed by atoms with Crippen molar-refractivity contribution < 1.29 is 4.74 Å². The first-order valence-electron chi connectivity index (χ1n) is 5.03. The van der Waals surface area contributed by atoms with Crippen LogP contribution in [-0.4, -0.2) is 11.6 Å². The van der Waals surface area contributed by atoms with Crippen LogP contribution < -0.4 is 16.2 Å². The molecule has 4 N–H and O–H groups in total. The summed E-state index contributed by atoms with van der Waals surface area (Å²) in [6.07, 6.45) is 0.971. The van der Waals surface area contributed by atoms with E-state index in [1.165, 1.54) is 0 Å². The van der Waals surface area contributed by atoms with Crippen LogP contribution >= 0.6 is 0 Å². The highest BCUT2D eigenvalue weighted by molar-refractivity contribution is 5.58. The maximum absolute atomic E-state index is 5.56. The summed E-state index contributed by atoms with van der Waals surface area (Å²) < 4.78 is 5.47. The van der Waals surface area contributed by atoms with E-state index in [2.05, 4.69) is 25.8 Å². The number of anilines is 2. The lowest BCUT2D eigenvalue weighted by atomic mass is 9.93. The highest BCUT2D eigenvalue weighted by Crippen LogP contribution is 2.20. The van der Waals surface area contributed by atoms with Gasteiger partial charge < -0.3 is 16.2 Å². The predicted octanol–water partition coefficient (Wildman–Crippen LogP) is 2.06. The van der Waals surface area contributed by atoms with Gasteiger partial charge in [-0.2, -0.15) is 4.98 Å². The first-order valence-corrected chi connectivity index (χ1v) is 5.03. The van der Waals surface area contributed by atoms with E-state index in [0.717, 1.165) is 6.42 Å². The van der Waals surface area contributed by atoms with E-state index in [1.54, 1.807) is 12.1 Å². The Balaban J connectivity index is 2.48. The third kappa shape index (κ3) is 4.06. The molecule has 0 fully saturated rings. The molecule has 1 aromatic heterocycles. The smallest absolute Gasteiger partial charge is 0.215 e. The van der Waals surface area contributed by atoms with Gasteiger partial charge in [0, 0.05) is 6.07 Å². The molecule has 0 saturated carbocycles. The van der Waals surface area contributed by atoms with Gasteiger partial charge in [-0.25, -0.2) is 0 Å². The lowest BCUT2D eigenvalue weighted by molar-refractivity contribution is 0.236. The number of hydrogen-bond donors (Lipinski definition) is 2. The molecule has 84 valence electrons. The van der Waals surface area contributed by atoms with Gasteiger partial charge in [-0.15, -0.1) is 0 Å². The normalized spacial score (nSPS) is 11.4. The molecule has 1 heterocycles. The SMILES string of the molecule is CC(C)(C)CCOc1ccc(N)c(N)n1. The summed E-state index contributed by atoms with van der Waals surface area (Å²) in [6.45, 7) is 7.14. The topological polar surface area (TPSA) is 74.2 Å². The summed E-state index contributed by atoms with van der Waals surface area (Å²) in [5.74, 6) is 0.856. The Bertz CT molecular complexity index is 331. The number of aromatic nitrogens is 1. The average Bonchev–Trinajstić information content (AvgIpc) is 2.09. The van der Waals surface area contributed by atoms with Crippen molar-refractivity contribution in [3.05, 3.63) is 12.1 Å². The summed E-state index contributed by atoms with van der Waals surface area (Å²) in [5.41, 5.74) is 11.9. The van der Waals surface area contributed by atoms with E-state index in [-0.39, 0.29) is 5.41 Å². The summed E-state index contributed by atoms with van der Waals surface area (Å²) in [4.78, 5) is 4.02. The van der Waals surface area contributed by atoms with Crippen molar-refractivity contribution in [2.75, 3.05) is 18.1 Å². The van der Waals surface area contributed by atoms with Crippen LogP contribution in [0, 0.1) is 5.41 Å². The number of ether oxygens (including phenoxy) is 1. The summed E-state index contributed by atoms with van der Waals surface area (Å²) in [5, 5.41) is 0. The second kappa shape index (κ2) is 4.38. The minimum absolute atomic E-state index is 0.263. The van der Waals surface area contributed by atoms with Gasteiger partial charge in [-0.05, 0) is 17.9 Å². The standard InChI is InChI=1S/C11H19N3O/c1-11(2,3)6-7-15-9-5-4-8(12)10(13)14-9/h4-5H,6-7,12H2,1-3H3,(H2,13,14). The van der Waals surface area contributed by atoms with Crippen LogP contribution in [0.4, 0.5) is 11.5 Å². The number of pyridine rings is 1. The van der Waals surface area contributed by atoms with Gasteiger partial charge in [0.15, 0.2) is 5.82 Å². The maximum Gasteiger partial charge on any atom is 0.215 e. The van der Waals surface area contributed by atoms with Gasteiger partial charge in [0.2, 0.25) is 5.88 Å². The summed E-state index contributed by atoms with van der Waals surface area (Å²) >= 11 is 0.